The van der Waals surface area contributed by atoms with Crippen LogP contribution in [0.2, 0.25) is 10.0 Å². The smallest absolute Gasteiger partial charge is 0.336 e. The first-order valence-electron chi connectivity index (χ1n) is 8.96. The van der Waals surface area contributed by atoms with Crippen LogP contribution in [0.1, 0.15) is 5.56 Å². The summed E-state index contributed by atoms with van der Waals surface area (Å²) >= 11 is 12.2. The Morgan fingerprint density at radius 2 is 1.80 bits per heavy atom. The Hall–Kier alpha value is -3.35. The minimum absolute atomic E-state index is 0.0407. The predicted molar refractivity (Wildman–Crippen MR) is 118 cm³/mol. The summed E-state index contributed by atoms with van der Waals surface area (Å²) in [6, 6.07) is 11.3. The second-order valence-corrected chi connectivity index (χ2v) is 7.36. The van der Waals surface area contributed by atoms with Gasteiger partial charge in [-0.1, -0.05) is 53.5 Å². The van der Waals surface area contributed by atoms with Crippen molar-refractivity contribution in [2.75, 3.05) is 4.90 Å². The zero-order chi connectivity index (χ0) is 21.4. The van der Waals surface area contributed by atoms with Gasteiger partial charge < -0.3 is 4.57 Å². The molecule has 0 bridgehead atoms. The van der Waals surface area contributed by atoms with Gasteiger partial charge in [-0.15, -0.1) is 6.58 Å². The molecule has 1 N–H and O–H groups in total. The molecular formula is C22H15Cl2N3O3. The number of nitrogens with zero attached hydrogens (tertiary/aromatic N) is 2. The van der Waals surface area contributed by atoms with E-state index >= 15 is 0 Å². The van der Waals surface area contributed by atoms with Gasteiger partial charge in [-0.05, 0) is 24.3 Å². The maximum Gasteiger partial charge on any atom is 0.336 e. The Kier molecular flexibility index (Phi) is 5.20. The third kappa shape index (κ3) is 3.30. The van der Waals surface area contributed by atoms with Gasteiger partial charge in [0, 0.05) is 29.2 Å². The van der Waals surface area contributed by atoms with E-state index in [9.17, 15) is 14.4 Å². The van der Waals surface area contributed by atoms with Crippen LogP contribution < -0.4 is 10.2 Å². The van der Waals surface area contributed by atoms with Crippen LogP contribution in [0.4, 0.5) is 10.5 Å². The van der Waals surface area contributed by atoms with E-state index < -0.39 is 17.8 Å². The van der Waals surface area contributed by atoms with Gasteiger partial charge in [0.15, 0.2) is 0 Å². The van der Waals surface area contributed by atoms with Crippen LogP contribution in [-0.2, 0) is 16.1 Å². The summed E-state index contributed by atoms with van der Waals surface area (Å²) in [6.07, 6.45) is 5.05. The van der Waals surface area contributed by atoms with Gasteiger partial charge in [-0.25, -0.2) is 9.69 Å². The molecule has 1 fully saturated rings. The number of benzene rings is 2. The lowest BCUT2D eigenvalue weighted by atomic mass is 10.1. The number of carbonyl (C=O) groups is 3. The molecule has 0 atom stereocenters. The van der Waals surface area contributed by atoms with E-state index in [-0.39, 0.29) is 21.3 Å². The van der Waals surface area contributed by atoms with Crippen LogP contribution in [0.15, 0.2) is 66.9 Å². The van der Waals surface area contributed by atoms with Crippen LogP contribution in [0.25, 0.3) is 17.0 Å². The maximum atomic E-state index is 13.1. The highest BCUT2D eigenvalue weighted by Gasteiger charge is 2.38. The SMILES string of the molecule is C=CCn1cc(/C=C2\C(=O)NC(=O)N(c3cccc(Cl)c3Cl)C2=O)c2ccccc21. The number of allylic oxidation sites excluding steroid dienone is 1. The van der Waals surface area contributed by atoms with Gasteiger partial charge in [0.05, 0.1) is 15.7 Å². The van der Waals surface area contributed by atoms with Gasteiger partial charge in [0.2, 0.25) is 0 Å². The fraction of sp³-hybridized carbons (Fsp3) is 0.0455. The van der Waals surface area contributed by atoms with Gasteiger partial charge in [0.1, 0.15) is 5.57 Å². The number of halogens is 2. The van der Waals surface area contributed by atoms with Crippen molar-refractivity contribution in [3.8, 4) is 0 Å². The molecule has 4 amide bonds. The number of carbonyl (C=O) groups excluding carboxylic acids is 3. The van der Waals surface area contributed by atoms with Crippen LogP contribution in [0, 0.1) is 0 Å². The first-order valence-corrected chi connectivity index (χ1v) is 9.72. The molecule has 0 spiro atoms. The highest BCUT2D eigenvalue weighted by atomic mass is 35.5. The number of hydrogen-bond donors (Lipinski definition) is 1. The highest BCUT2D eigenvalue weighted by Crippen LogP contribution is 2.34. The number of fused-ring (bicyclic) bond motifs is 1. The third-order valence-electron chi connectivity index (χ3n) is 4.72. The Labute approximate surface area is 182 Å². The lowest BCUT2D eigenvalue weighted by Crippen LogP contribution is -2.54. The van der Waals surface area contributed by atoms with Crippen molar-refractivity contribution >= 4 is 63.7 Å². The quantitative estimate of drug-likeness (QED) is 0.360. The minimum Gasteiger partial charge on any atom is -0.343 e. The Bertz CT molecular complexity index is 1260. The van der Waals surface area contributed by atoms with Gasteiger partial charge in [0.25, 0.3) is 11.8 Å². The number of barbiturate groups is 1. The van der Waals surface area contributed by atoms with E-state index in [4.69, 9.17) is 23.2 Å². The van der Waals surface area contributed by atoms with Crippen molar-refractivity contribution in [3.63, 3.8) is 0 Å². The molecule has 0 radical (unpaired) electrons. The second kappa shape index (κ2) is 7.82. The number of para-hydroxylation sites is 1. The average Bonchev–Trinajstić information content (AvgIpc) is 3.06. The highest BCUT2D eigenvalue weighted by molar-refractivity contribution is 6.46. The van der Waals surface area contributed by atoms with Crippen molar-refractivity contribution < 1.29 is 14.4 Å². The van der Waals surface area contributed by atoms with Crippen LogP contribution in [0.5, 0.6) is 0 Å². The Morgan fingerprint density at radius 3 is 2.57 bits per heavy atom. The van der Waals surface area contributed by atoms with E-state index in [1.54, 1.807) is 12.1 Å². The summed E-state index contributed by atoms with van der Waals surface area (Å²) in [5, 5.41) is 3.27. The molecule has 2 heterocycles. The van der Waals surface area contributed by atoms with Gasteiger partial charge in [-0.2, -0.15) is 0 Å². The van der Waals surface area contributed by atoms with Crippen LogP contribution in [-0.4, -0.2) is 22.4 Å². The van der Waals surface area contributed by atoms with Crippen molar-refractivity contribution in [2.45, 2.75) is 6.54 Å². The minimum atomic E-state index is -0.889. The van der Waals surface area contributed by atoms with Crippen molar-refractivity contribution in [1.82, 2.24) is 9.88 Å². The number of urea groups is 1. The van der Waals surface area contributed by atoms with E-state index in [0.717, 1.165) is 15.8 Å². The molecule has 2 aromatic carbocycles. The number of rotatable bonds is 4. The summed E-state index contributed by atoms with van der Waals surface area (Å²) in [6.45, 7) is 4.32. The maximum absolute atomic E-state index is 13.1. The zero-order valence-corrected chi connectivity index (χ0v) is 17.1. The van der Waals surface area contributed by atoms with Crippen LogP contribution in [0.3, 0.4) is 0 Å². The Balaban J connectivity index is 1.84. The zero-order valence-electron chi connectivity index (χ0n) is 15.6. The standard InChI is InChI=1S/C22H15Cl2N3O3/c1-2-10-26-12-13(14-6-3-4-8-17(14)26)11-15-20(28)25-22(30)27(21(15)29)18-9-5-7-16(23)19(18)24/h2-9,11-12H,1,10H2,(H,25,28,30)/b15-11+. The molecule has 1 aliphatic rings. The lowest BCUT2D eigenvalue weighted by Gasteiger charge is -2.27. The Morgan fingerprint density at radius 1 is 1.03 bits per heavy atom. The summed E-state index contributed by atoms with van der Waals surface area (Å²) in [5.74, 6) is -1.56. The fourth-order valence-corrected chi connectivity index (χ4v) is 3.76. The second-order valence-electron chi connectivity index (χ2n) is 6.57. The normalized spacial score (nSPS) is 15.7. The number of amides is 4. The molecule has 30 heavy (non-hydrogen) atoms. The van der Waals surface area contributed by atoms with E-state index in [1.807, 2.05) is 35.0 Å². The van der Waals surface area contributed by atoms with Crippen molar-refractivity contribution in [1.29, 1.82) is 0 Å². The molecule has 0 aliphatic carbocycles. The molecular weight excluding hydrogens is 425 g/mol. The summed E-state index contributed by atoms with van der Waals surface area (Å²) < 4.78 is 1.96. The molecule has 8 heteroatoms. The summed E-state index contributed by atoms with van der Waals surface area (Å²) in [7, 11) is 0. The van der Waals surface area contributed by atoms with Crippen molar-refractivity contribution in [2.24, 2.45) is 0 Å². The molecule has 0 saturated carbocycles. The topological polar surface area (TPSA) is 71.4 Å². The molecule has 1 aromatic heterocycles. The molecule has 3 aromatic rings. The van der Waals surface area contributed by atoms with E-state index in [1.165, 1.54) is 18.2 Å². The molecule has 1 saturated heterocycles. The first-order chi connectivity index (χ1) is 14.4. The molecule has 1 aliphatic heterocycles. The average molecular weight is 440 g/mol. The number of aromatic nitrogens is 1. The monoisotopic (exact) mass is 439 g/mol. The van der Waals surface area contributed by atoms with Crippen LogP contribution >= 0.6 is 23.2 Å². The third-order valence-corrected chi connectivity index (χ3v) is 5.53. The largest absolute Gasteiger partial charge is 0.343 e. The number of nitrogens with one attached hydrogen (secondary N) is 1. The summed E-state index contributed by atoms with van der Waals surface area (Å²) in [4.78, 5) is 38.8. The molecule has 4 rings (SSSR count). The van der Waals surface area contributed by atoms with E-state index in [0.29, 0.717) is 12.1 Å². The first kappa shape index (κ1) is 19.9. The van der Waals surface area contributed by atoms with Crippen molar-refractivity contribution in [3.05, 3.63) is 82.5 Å². The van der Waals surface area contributed by atoms with E-state index in [2.05, 4.69) is 11.9 Å². The molecule has 0 unspecified atom stereocenters. The lowest BCUT2D eigenvalue weighted by molar-refractivity contribution is -0.122. The van der Waals surface area contributed by atoms with Gasteiger partial charge in [-0.3, -0.25) is 14.9 Å². The molecule has 6 nitrogen and oxygen atoms in total. The number of imide groups is 2. The molecule has 150 valence electrons. The fourth-order valence-electron chi connectivity index (χ4n) is 3.38. The number of hydrogen-bond acceptors (Lipinski definition) is 3. The predicted octanol–water partition coefficient (Wildman–Crippen LogP) is 4.80. The number of anilines is 1. The van der Waals surface area contributed by atoms with Gasteiger partial charge >= 0.3 is 6.03 Å². The summed E-state index contributed by atoms with van der Waals surface area (Å²) in [5.41, 5.74) is 1.50.